The number of hydrogen-bond donors (Lipinski definition) is 1. The van der Waals surface area contributed by atoms with E-state index in [-0.39, 0.29) is 5.82 Å². The van der Waals surface area contributed by atoms with Gasteiger partial charge < -0.3 is 5.32 Å². The number of rotatable bonds is 3. The fourth-order valence-corrected chi connectivity index (χ4v) is 2.20. The first kappa shape index (κ1) is 10.7. The number of halogens is 2. The highest BCUT2D eigenvalue weighted by Gasteiger charge is 2.02. The summed E-state index contributed by atoms with van der Waals surface area (Å²) in [7, 11) is 0. The van der Waals surface area contributed by atoms with Crippen LogP contribution in [-0.2, 0) is 6.54 Å². The van der Waals surface area contributed by atoms with Crippen molar-refractivity contribution < 1.29 is 4.39 Å². The van der Waals surface area contributed by atoms with Crippen LogP contribution in [0.2, 0.25) is 0 Å². The maximum atomic E-state index is 12.8. The van der Waals surface area contributed by atoms with Crippen LogP contribution < -0.4 is 5.32 Å². The van der Waals surface area contributed by atoms with E-state index in [2.05, 4.69) is 37.5 Å². The van der Waals surface area contributed by atoms with E-state index < -0.39 is 0 Å². The average molecular weight is 335 g/mol. The Morgan fingerprint density at radius 3 is 3.00 bits per heavy atom. The largest absolute Gasteiger partial charge is 0.378 e. The number of aromatic nitrogens is 2. The van der Waals surface area contributed by atoms with Crippen LogP contribution in [0.4, 0.5) is 10.1 Å². The van der Waals surface area contributed by atoms with Gasteiger partial charge in [0, 0.05) is 14.6 Å². The second-order valence-corrected chi connectivity index (χ2v) is 4.65. The molecule has 15 heavy (non-hydrogen) atoms. The van der Waals surface area contributed by atoms with Crippen molar-refractivity contribution in [2.75, 3.05) is 5.32 Å². The molecule has 1 heterocycles. The molecule has 3 nitrogen and oxygen atoms in total. The van der Waals surface area contributed by atoms with Crippen LogP contribution in [0.5, 0.6) is 0 Å². The highest BCUT2D eigenvalue weighted by atomic mass is 127. The summed E-state index contributed by atoms with van der Waals surface area (Å²) in [6.07, 6.45) is 0. The third kappa shape index (κ3) is 2.85. The zero-order valence-electron chi connectivity index (χ0n) is 7.58. The van der Waals surface area contributed by atoms with E-state index in [4.69, 9.17) is 0 Å². The number of benzene rings is 1. The van der Waals surface area contributed by atoms with Crippen molar-refractivity contribution in [3.63, 3.8) is 0 Å². The molecule has 0 atom stereocenters. The molecule has 6 heteroatoms. The minimum atomic E-state index is -0.222. The summed E-state index contributed by atoms with van der Waals surface area (Å²) in [5, 5.41) is 8.96. The summed E-state index contributed by atoms with van der Waals surface area (Å²) in [5.74, 6) is -0.222. The molecule has 1 aromatic carbocycles. The van der Waals surface area contributed by atoms with Crippen LogP contribution in [0.15, 0.2) is 23.6 Å². The second-order valence-electron chi connectivity index (χ2n) is 2.87. The number of hydrogen-bond acceptors (Lipinski definition) is 4. The summed E-state index contributed by atoms with van der Waals surface area (Å²) in [5.41, 5.74) is 1.80. The van der Waals surface area contributed by atoms with Gasteiger partial charge >= 0.3 is 0 Å². The predicted molar refractivity (Wildman–Crippen MR) is 66.4 cm³/mol. The lowest BCUT2D eigenvalue weighted by molar-refractivity contribution is 0.627. The van der Waals surface area contributed by atoms with Gasteiger partial charge in [-0.15, -0.1) is 5.10 Å². The van der Waals surface area contributed by atoms with Crippen molar-refractivity contribution >= 4 is 39.8 Å². The normalized spacial score (nSPS) is 10.3. The molecule has 0 fully saturated rings. The molecule has 0 unspecified atom stereocenters. The lowest BCUT2D eigenvalue weighted by Gasteiger charge is -2.06. The van der Waals surface area contributed by atoms with Gasteiger partial charge in [0.2, 0.25) is 0 Å². The number of nitrogens with one attached hydrogen (secondary N) is 1. The predicted octanol–water partition coefficient (Wildman–Crippen LogP) is 2.89. The maximum Gasteiger partial charge on any atom is 0.124 e. The molecule has 0 aliphatic heterocycles. The van der Waals surface area contributed by atoms with Gasteiger partial charge in [0.05, 0.1) is 12.2 Å². The van der Waals surface area contributed by atoms with Crippen molar-refractivity contribution in [2.45, 2.75) is 6.54 Å². The Hall–Kier alpha value is -0.760. The summed E-state index contributed by atoms with van der Waals surface area (Å²) in [6.45, 7) is 0.609. The van der Waals surface area contributed by atoms with Gasteiger partial charge in [0.1, 0.15) is 5.82 Å². The highest BCUT2D eigenvalue weighted by Crippen LogP contribution is 2.19. The van der Waals surface area contributed by atoms with Gasteiger partial charge in [0.15, 0.2) is 0 Å². The lowest BCUT2D eigenvalue weighted by Crippen LogP contribution is -2.01. The molecule has 0 aliphatic rings. The zero-order chi connectivity index (χ0) is 10.7. The molecule has 1 N–H and O–H groups in total. The third-order valence-corrected chi connectivity index (χ3v) is 3.24. The van der Waals surface area contributed by atoms with Crippen molar-refractivity contribution in [3.8, 4) is 0 Å². The molecule has 0 spiro atoms. The van der Waals surface area contributed by atoms with Crippen LogP contribution in [0, 0.1) is 9.39 Å². The molecule has 0 aliphatic carbocycles. The van der Waals surface area contributed by atoms with Crippen molar-refractivity contribution in [1.29, 1.82) is 0 Å². The van der Waals surface area contributed by atoms with Crippen LogP contribution in [0.1, 0.15) is 5.69 Å². The summed E-state index contributed by atoms with van der Waals surface area (Å²) >= 11 is 3.41. The van der Waals surface area contributed by atoms with Crippen molar-refractivity contribution in [2.24, 2.45) is 0 Å². The van der Waals surface area contributed by atoms with Crippen molar-refractivity contribution in [3.05, 3.63) is 38.7 Å². The van der Waals surface area contributed by atoms with Crippen molar-refractivity contribution in [1.82, 2.24) is 9.59 Å². The molecule has 2 aromatic rings. The average Bonchev–Trinajstić information content (AvgIpc) is 2.69. The molecular weight excluding hydrogens is 328 g/mol. The Balaban J connectivity index is 2.05. The molecular formula is C9H7FIN3S. The third-order valence-electron chi connectivity index (χ3n) is 1.80. The Labute approximate surface area is 104 Å². The fraction of sp³-hybridized carbons (Fsp3) is 0.111. The first-order valence-corrected chi connectivity index (χ1v) is 6.12. The van der Waals surface area contributed by atoms with E-state index in [1.54, 1.807) is 6.07 Å². The fourth-order valence-electron chi connectivity index (χ4n) is 1.08. The van der Waals surface area contributed by atoms with Gasteiger partial charge in [-0.3, -0.25) is 0 Å². The Morgan fingerprint density at radius 2 is 2.33 bits per heavy atom. The minimum absolute atomic E-state index is 0.222. The zero-order valence-corrected chi connectivity index (χ0v) is 10.5. The Kier molecular flexibility index (Phi) is 3.47. The van der Waals surface area contributed by atoms with E-state index in [1.807, 2.05) is 5.38 Å². The molecule has 0 saturated carbocycles. The van der Waals surface area contributed by atoms with E-state index in [9.17, 15) is 4.39 Å². The topological polar surface area (TPSA) is 37.8 Å². The van der Waals surface area contributed by atoms with Crippen LogP contribution in [0.3, 0.4) is 0 Å². The molecule has 0 amide bonds. The van der Waals surface area contributed by atoms with Gasteiger partial charge in [0.25, 0.3) is 0 Å². The lowest BCUT2D eigenvalue weighted by atomic mass is 10.3. The van der Waals surface area contributed by atoms with E-state index in [0.717, 1.165) is 15.0 Å². The van der Waals surface area contributed by atoms with E-state index in [0.29, 0.717) is 6.54 Å². The molecule has 78 valence electrons. The van der Waals surface area contributed by atoms with E-state index >= 15 is 0 Å². The SMILES string of the molecule is Fc1ccc(NCc2csnn2)c(I)c1. The van der Waals surface area contributed by atoms with Gasteiger partial charge in [-0.05, 0) is 52.3 Å². The van der Waals surface area contributed by atoms with Crippen LogP contribution >= 0.6 is 34.1 Å². The first-order valence-electron chi connectivity index (χ1n) is 4.20. The molecule has 0 radical (unpaired) electrons. The Bertz CT molecular complexity index is 447. The minimum Gasteiger partial charge on any atom is -0.378 e. The van der Waals surface area contributed by atoms with Crippen LogP contribution in [-0.4, -0.2) is 9.59 Å². The number of anilines is 1. The molecule has 2 rings (SSSR count). The van der Waals surface area contributed by atoms with Crippen LogP contribution in [0.25, 0.3) is 0 Å². The van der Waals surface area contributed by atoms with Gasteiger partial charge in [-0.25, -0.2) is 4.39 Å². The van der Waals surface area contributed by atoms with E-state index in [1.165, 1.54) is 23.7 Å². The highest BCUT2D eigenvalue weighted by molar-refractivity contribution is 14.1. The molecule has 0 bridgehead atoms. The summed E-state index contributed by atoms with van der Waals surface area (Å²) in [4.78, 5) is 0. The summed E-state index contributed by atoms with van der Waals surface area (Å²) < 4.78 is 17.4. The Morgan fingerprint density at radius 1 is 1.47 bits per heavy atom. The second kappa shape index (κ2) is 4.84. The quantitative estimate of drug-likeness (QED) is 0.877. The number of nitrogens with zero attached hydrogens (tertiary/aromatic N) is 2. The molecule has 0 saturated heterocycles. The smallest absolute Gasteiger partial charge is 0.124 e. The monoisotopic (exact) mass is 335 g/mol. The van der Waals surface area contributed by atoms with Gasteiger partial charge in [-0.1, -0.05) is 4.49 Å². The van der Waals surface area contributed by atoms with Gasteiger partial charge in [-0.2, -0.15) is 0 Å². The standard InChI is InChI=1S/C9H7FIN3S/c10-6-1-2-9(8(11)3-6)12-4-7-5-15-14-13-7/h1-3,5,12H,4H2. The maximum absolute atomic E-state index is 12.8. The first-order chi connectivity index (χ1) is 7.25. The summed E-state index contributed by atoms with van der Waals surface area (Å²) in [6, 6.07) is 4.64. The molecule has 1 aromatic heterocycles.